The molecule has 0 bridgehead atoms. The van der Waals surface area contributed by atoms with Crippen molar-refractivity contribution >= 4 is 17.3 Å². The molecule has 10 atom stereocenters. The number of ether oxygens (including phenoxy) is 9. The molecule has 4 aliphatic heterocycles. The Hall–Kier alpha value is -3.63. The molecule has 0 amide bonds. The topological polar surface area (TPSA) is 161 Å². The first-order chi connectivity index (χ1) is 23.8. The summed E-state index contributed by atoms with van der Waals surface area (Å²) in [5, 5.41) is 35.1. The van der Waals surface area contributed by atoms with Gasteiger partial charge in [-0.25, -0.2) is 0 Å². The minimum Gasteiger partial charge on any atom is -0.502 e. The molecule has 0 spiro atoms. The molecule has 244 valence electrons. The molecule has 3 N–H and O–H groups in total. The lowest BCUT2D eigenvalue weighted by atomic mass is 9.66. The largest absolute Gasteiger partial charge is 0.502 e. The van der Waals surface area contributed by atoms with Gasteiger partial charge in [-0.15, -0.1) is 11.3 Å². The van der Waals surface area contributed by atoms with Gasteiger partial charge in [0.1, 0.15) is 27.2 Å². The lowest BCUT2D eigenvalue weighted by Crippen LogP contribution is -2.62. The summed E-state index contributed by atoms with van der Waals surface area (Å²) in [5.41, 5.74) is 0.949. The van der Waals surface area contributed by atoms with E-state index in [9.17, 15) is 20.1 Å². The maximum Gasteiger partial charge on any atom is 0.310 e. The van der Waals surface area contributed by atoms with E-state index < -0.39 is 80.1 Å². The van der Waals surface area contributed by atoms with Gasteiger partial charge < -0.3 is 58.0 Å². The first-order valence-corrected chi connectivity index (χ1v) is 15.4. The van der Waals surface area contributed by atoms with E-state index in [0.717, 1.165) is 4.88 Å². The normalized spacial score (nSPS) is 37.8. The number of aliphatic hydroxyl groups is 2. The molecular formula is C32H32O13S. The Morgan fingerprint density at radius 3 is 2.41 bits per heavy atom. The first-order valence-electron chi connectivity index (χ1n) is 16.5. The molecule has 1 aromatic heterocycles. The van der Waals surface area contributed by atoms with Crippen LogP contribution in [0.4, 0.5) is 0 Å². The fraction of sp³-hybridized carbons (Fsp3) is 0.469. The maximum absolute atomic E-state index is 13.7. The summed E-state index contributed by atoms with van der Waals surface area (Å²) in [6, 6.07) is 9.49. The van der Waals surface area contributed by atoms with Crippen LogP contribution in [-0.2, 0) is 28.5 Å². The number of methoxy groups -OCH3 is 2. The van der Waals surface area contributed by atoms with E-state index in [2.05, 4.69) is 0 Å². The Bertz CT molecular complexity index is 1780. The molecule has 3 fully saturated rings. The van der Waals surface area contributed by atoms with Crippen molar-refractivity contribution in [2.45, 2.75) is 49.0 Å². The van der Waals surface area contributed by atoms with Crippen molar-refractivity contribution in [3.05, 3.63) is 63.3 Å². The number of phenols is 1. The van der Waals surface area contributed by atoms with Crippen LogP contribution in [0.25, 0.3) is 0 Å². The molecule has 0 unspecified atom stereocenters. The number of carbonyl (C=O) groups is 1. The number of benzene rings is 2. The van der Waals surface area contributed by atoms with Crippen LogP contribution >= 0.6 is 11.3 Å². The highest BCUT2D eigenvalue weighted by atomic mass is 32.1. The molecule has 1 aliphatic carbocycles. The number of fused-ring (bicyclic) bond motifs is 4. The summed E-state index contributed by atoms with van der Waals surface area (Å²) < 4.78 is 85.1. The number of rotatable bonds is 6. The van der Waals surface area contributed by atoms with Gasteiger partial charge in [0.15, 0.2) is 35.6 Å². The van der Waals surface area contributed by atoms with Gasteiger partial charge in [0.25, 0.3) is 0 Å². The SMILES string of the molecule is [2H]C1([2H])Oc2cc3c(cc2O1)[C@@H](O[C@@H]1O[C@@H]2CO[C@@H](c4cccs4)O[C@H]2[C@H](O)[C@H]1O)[C@@H]1[C@H](C(=O)OC1([2H])[2H])[C@@H]3c1cc(OC)c(O)c(OC)c1. The summed E-state index contributed by atoms with van der Waals surface area (Å²) >= 11 is 1.40. The summed E-state index contributed by atoms with van der Waals surface area (Å²) in [6.45, 7) is -5.17. The Kier molecular flexibility index (Phi) is 6.40. The van der Waals surface area contributed by atoms with Crippen LogP contribution in [0.15, 0.2) is 41.8 Å². The van der Waals surface area contributed by atoms with Gasteiger partial charge >= 0.3 is 5.97 Å². The smallest absolute Gasteiger partial charge is 0.310 e. The molecule has 3 aromatic rings. The summed E-state index contributed by atoms with van der Waals surface area (Å²) in [6.07, 6.45) is -8.80. The van der Waals surface area contributed by atoms with E-state index in [1.165, 1.54) is 49.8 Å². The monoisotopic (exact) mass is 660 g/mol. The second-order valence-electron chi connectivity index (χ2n) is 11.4. The van der Waals surface area contributed by atoms with Crippen molar-refractivity contribution in [3.63, 3.8) is 0 Å². The average molecular weight is 661 g/mol. The van der Waals surface area contributed by atoms with Gasteiger partial charge in [0.2, 0.25) is 12.5 Å². The Labute approximate surface area is 272 Å². The van der Waals surface area contributed by atoms with E-state index in [0.29, 0.717) is 11.1 Å². The number of hydrogen-bond acceptors (Lipinski definition) is 14. The number of hydrogen-bond donors (Lipinski definition) is 3. The Morgan fingerprint density at radius 1 is 0.978 bits per heavy atom. The van der Waals surface area contributed by atoms with E-state index >= 15 is 0 Å². The third kappa shape index (κ3) is 4.70. The van der Waals surface area contributed by atoms with Gasteiger partial charge in [-0.2, -0.15) is 0 Å². The lowest BCUT2D eigenvalue weighted by molar-refractivity contribution is -0.368. The number of esters is 1. The van der Waals surface area contributed by atoms with Crippen molar-refractivity contribution in [1.29, 1.82) is 0 Å². The highest BCUT2D eigenvalue weighted by Gasteiger charge is 2.56. The summed E-state index contributed by atoms with van der Waals surface area (Å²) in [7, 11) is 2.67. The predicted molar refractivity (Wildman–Crippen MR) is 156 cm³/mol. The van der Waals surface area contributed by atoms with Crippen molar-refractivity contribution in [1.82, 2.24) is 0 Å². The van der Waals surface area contributed by atoms with Crippen molar-refractivity contribution < 1.29 is 68.2 Å². The zero-order valence-corrected chi connectivity index (χ0v) is 25.2. The van der Waals surface area contributed by atoms with Crippen LogP contribution < -0.4 is 18.9 Å². The Morgan fingerprint density at radius 2 is 1.72 bits per heavy atom. The molecule has 46 heavy (non-hydrogen) atoms. The maximum atomic E-state index is 13.7. The fourth-order valence-electron chi connectivity index (χ4n) is 6.81. The van der Waals surface area contributed by atoms with E-state index in [-0.39, 0.29) is 40.9 Å². The molecule has 2 aromatic carbocycles. The second kappa shape index (κ2) is 11.6. The first kappa shape index (κ1) is 25.5. The van der Waals surface area contributed by atoms with Crippen LogP contribution in [0.1, 0.15) is 45.4 Å². The fourth-order valence-corrected chi connectivity index (χ4v) is 7.52. The third-order valence-electron chi connectivity index (χ3n) is 8.98. The van der Waals surface area contributed by atoms with Crippen LogP contribution in [0, 0.1) is 11.8 Å². The number of thiophene rings is 1. The second-order valence-corrected chi connectivity index (χ2v) is 12.4. The lowest BCUT2D eigenvalue weighted by Gasteiger charge is -2.48. The highest BCUT2D eigenvalue weighted by molar-refractivity contribution is 7.10. The van der Waals surface area contributed by atoms with Gasteiger partial charge in [0.05, 0.1) is 47.0 Å². The van der Waals surface area contributed by atoms with Crippen LogP contribution in [0.5, 0.6) is 28.7 Å². The molecule has 3 saturated heterocycles. The minimum absolute atomic E-state index is 0.00652. The van der Waals surface area contributed by atoms with Crippen LogP contribution in [0.3, 0.4) is 0 Å². The molecule has 5 aliphatic rings. The molecule has 8 rings (SSSR count). The molecule has 5 heterocycles. The van der Waals surface area contributed by atoms with Gasteiger partial charge in [-0.3, -0.25) is 4.79 Å². The Balaban J connectivity index is 1.22. The molecule has 14 heteroatoms. The van der Waals surface area contributed by atoms with Crippen molar-refractivity contribution in [2.24, 2.45) is 11.8 Å². The predicted octanol–water partition coefficient (Wildman–Crippen LogP) is 2.75. The van der Waals surface area contributed by atoms with Crippen molar-refractivity contribution in [3.8, 4) is 28.7 Å². The third-order valence-corrected chi connectivity index (χ3v) is 9.88. The van der Waals surface area contributed by atoms with Crippen molar-refractivity contribution in [2.75, 3.05) is 34.1 Å². The average Bonchev–Trinajstić information content (AvgIpc) is 3.77. The molecule has 0 radical (unpaired) electrons. The molecule has 0 saturated carbocycles. The van der Waals surface area contributed by atoms with E-state index in [1.54, 1.807) is 0 Å². The molecular weight excluding hydrogens is 624 g/mol. The van der Waals surface area contributed by atoms with Gasteiger partial charge in [-0.1, -0.05) is 6.07 Å². The highest BCUT2D eigenvalue weighted by Crippen LogP contribution is 2.57. The number of aliphatic hydroxyl groups excluding tert-OH is 2. The number of cyclic esters (lactones) is 1. The number of phenolic OH excluding ortho intramolecular Hbond substituents is 1. The standard InChI is InChI=1S/C32H32O13S/c1-37-19-6-13(7-20(38-2)25(19)33)23-14-8-17-18(42-12-41-17)9-15(14)28(16-10-39-30(36)24(16)23)44-32-27(35)26(34)29-21(43-32)11-40-31(45-29)22-4-3-5-46-22/h3-9,16,21,23-24,26-29,31-35H,10-12H2,1-2H3/t16-,21+,23+,24-,26+,27+,28+,29+,31+,32-/m0/s1/i10D2,12D2. The van der Waals surface area contributed by atoms with Crippen LogP contribution in [0.2, 0.25) is 0 Å². The minimum atomic E-state index is -2.62. The zero-order valence-electron chi connectivity index (χ0n) is 28.4. The number of carbonyl (C=O) groups excluding carboxylic acids is 1. The summed E-state index contributed by atoms with van der Waals surface area (Å²) in [4.78, 5) is 14.5. The molecule has 13 nitrogen and oxygen atoms in total. The summed E-state index contributed by atoms with van der Waals surface area (Å²) in [5.74, 6) is -4.84. The zero-order chi connectivity index (χ0) is 35.3. The van der Waals surface area contributed by atoms with E-state index in [4.69, 9.17) is 48.1 Å². The van der Waals surface area contributed by atoms with E-state index in [1.807, 2.05) is 17.5 Å². The van der Waals surface area contributed by atoms with Gasteiger partial charge in [-0.05, 0) is 52.4 Å². The van der Waals surface area contributed by atoms with Crippen LogP contribution in [-0.4, -0.2) is 86.1 Å². The quantitative estimate of drug-likeness (QED) is 0.332. The number of aromatic hydroxyl groups is 1. The van der Waals surface area contributed by atoms with Gasteiger partial charge in [0, 0.05) is 11.8 Å².